The topological polar surface area (TPSA) is 92.4 Å². The maximum Gasteiger partial charge on any atom is 0.357 e. The summed E-state index contributed by atoms with van der Waals surface area (Å²) < 4.78 is 1.27. The molecular weight excluding hydrogens is 319 g/mol. The van der Waals surface area contributed by atoms with Gasteiger partial charge >= 0.3 is 11.9 Å². The maximum absolute atomic E-state index is 11.3. The van der Waals surface area contributed by atoms with Crippen LogP contribution in [0.4, 0.5) is 0 Å². The van der Waals surface area contributed by atoms with Gasteiger partial charge in [-0.25, -0.2) is 14.6 Å². The third-order valence-electron chi connectivity index (χ3n) is 3.04. The van der Waals surface area contributed by atoms with Crippen molar-refractivity contribution in [1.82, 2.24) is 9.55 Å². The minimum atomic E-state index is -1.40. The van der Waals surface area contributed by atoms with E-state index in [1.807, 2.05) is 0 Å². The van der Waals surface area contributed by atoms with Crippen LogP contribution in [0.2, 0.25) is 10.0 Å². The van der Waals surface area contributed by atoms with Crippen molar-refractivity contribution < 1.29 is 19.8 Å². The molecule has 110 valence electrons. The molecule has 0 radical (unpaired) electrons. The van der Waals surface area contributed by atoms with E-state index in [2.05, 4.69) is 4.98 Å². The van der Waals surface area contributed by atoms with Crippen LogP contribution in [-0.2, 0) is 0 Å². The molecular formula is C13H10Cl2N2O4. The van der Waals surface area contributed by atoms with Crippen molar-refractivity contribution in [3.63, 3.8) is 0 Å². The lowest BCUT2D eigenvalue weighted by Crippen LogP contribution is -2.16. The summed E-state index contributed by atoms with van der Waals surface area (Å²) in [5.74, 6) is -2.76. The van der Waals surface area contributed by atoms with Gasteiger partial charge in [0.25, 0.3) is 0 Å². The van der Waals surface area contributed by atoms with E-state index in [0.717, 1.165) is 0 Å². The zero-order chi connectivity index (χ0) is 15.7. The van der Waals surface area contributed by atoms with Crippen LogP contribution in [0.15, 0.2) is 24.5 Å². The predicted octanol–water partition coefficient (Wildman–Crippen LogP) is 3.20. The van der Waals surface area contributed by atoms with Gasteiger partial charge in [0.1, 0.15) is 0 Å². The van der Waals surface area contributed by atoms with Crippen molar-refractivity contribution in [2.45, 2.75) is 13.0 Å². The van der Waals surface area contributed by atoms with Crippen LogP contribution < -0.4 is 0 Å². The van der Waals surface area contributed by atoms with Gasteiger partial charge in [-0.3, -0.25) is 0 Å². The van der Waals surface area contributed by atoms with E-state index in [4.69, 9.17) is 28.3 Å². The zero-order valence-corrected chi connectivity index (χ0v) is 12.3. The predicted molar refractivity (Wildman–Crippen MR) is 76.4 cm³/mol. The number of hydrogen-bond donors (Lipinski definition) is 2. The Bertz CT molecular complexity index is 727. The quantitative estimate of drug-likeness (QED) is 0.899. The van der Waals surface area contributed by atoms with Gasteiger partial charge in [-0.2, -0.15) is 0 Å². The average molecular weight is 329 g/mol. The third kappa shape index (κ3) is 2.86. The first-order chi connectivity index (χ1) is 9.82. The highest BCUT2D eigenvalue weighted by Crippen LogP contribution is 2.28. The second-order valence-corrected chi connectivity index (χ2v) is 5.12. The fourth-order valence-corrected chi connectivity index (χ4v) is 2.26. The van der Waals surface area contributed by atoms with Gasteiger partial charge in [0.05, 0.1) is 22.4 Å². The number of halogens is 2. The van der Waals surface area contributed by atoms with Crippen LogP contribution in [0.1, 0.15) is 39.5 Å². The number of carbonyl (C=O) groups is 2. The number of benzene rings is 1. The molecule has 0 fully saturated rings. The van der Waals surface area contributed by atoms with Gasteiger partial charge in [0.2, 0.25) is 0 Å². The number of aromatic nitrogens is 2. The molecule has 0 aliphatic carbocycles. The summed E-state index contributed by atoms with van der Waals surface area (Å²) in [6.07, 6.45) is 1.18. The summed E-state index contributed by atoms with van der Waals surface area (Å²) in [5, 5.41) is 18.9. The molecule has 0 aliphatic rings. The average Bonchev–Trinajstić information content (AvgIpc) is 2.86. The number of carboxylic acids is 2. The van der Waals surface area contributed by atoms with Gasteiger partial charge in [0.15, 0.2) is 11.4 Å². The van der Waals surface area contributed by atoms with Gasteiger partial charge < -0.3 is 14.8 Å². The van der Waals surface area contributed by atoms with Crippen molar-refractivity contribution in [1.29, 1.82) is 0 Å². The number of carboxylic acid groups (broad SMARTS) is 2. The molecule has 1 aromatic heterocycles. The summed E-state index contributed by atoms with van der Waals surface area (Å²) in [6.45, 7) is 1.71. The van der Waals surface area contributed by atoms with Crippen LogP contribution in [-0.4, -0.2) is 31.7 Å². The van der Waals surface area contributed by atoms with E-state index < -0.39 is 23.7 Å². The molecule has 21 heavy (non-hydrogen) atoms. The lowest BCUT2D eigenvalue weighted by Gasteiger charge is -2.16. The molecule has 1 aromatic carbocycles. The highest BCUT2D eigenvalue weighted by Gasteiger charge is 2.25. The number of hydrogen-bond acceptors (Lipinski definition) is 3. The van der Waals surface area contributed by atoms with E-state index in [1.165, 1.54) is 10.9 Å². The third-order valence-corrected chi connectivity index (χ3v) is 3.78. The van der Waals surface area contributed by atoms with Crippen LogP contribution >= 0.6 is 23.2 Å². The number of imidazole rings is 1. The minimum absolute atomic E-state index is 0.330. The summed E-state index contributed by atoms with van der Waals surface area (Å²) in [6, 6.07) is 4.41. The molecule has 6 nitrogen and oxygen atoms in total. The first kappa shape index (κ1) is 15.3. The highest BCUT2D eigenvalue weighted by atomic mass is 35.5. The lowest BCUT2D eigenvalue weighted by atomic mass is 10.1. The van der Waals surface area contributed by atoms with Crippen molar-refractivity contribution in [2.75, 3.05) is 0 Å². The first-order valence-electron chi connectivity index (χ1n) is 5.81. The normalized spacial score (nSPS) is 12.1. The van der Waals surface area contributed by atoms with Crippen LogP contribution in [0.5, 0.6) is 0 Å². The minimum Gasteiger partial charge on any atom is -0.476 e. The summed E-state index contributed by atoms with van der Waals surface area (Å²) in [4.78, 5) is 26.0. The number of nitrogens with zero attached hydrogens (tertiary/aromatic N) is 2. The molecule has 0 saturated carbocycles. The molecule has 0 aliphatic heterocycles. The lowest BCUT2D eigenvalue weighted by molar-refractivity contribution is 0.0639. The highest BCUT2D eigenvalue weighted by molar-refractivity contribution is 6.42. The molecule has 1 heterocycles. The Balaban J connectivity index is 2.53. The molecule has 2 N–H and O–H groups in total. The summed E-state index contributed by atoms with van der Waals surface area (Å²) in [5.41, 5.74) is -0.211. The second-order valence-electron chi connectivity index (χ2n) is 4.31. The largest absolute Gasteiger partial charge is 0.476 e. The van der Waals surface area contributed by atoms with E-state index in [1.54, 1.807) is 25.1 Å². The Kier molecular flexibility index (Phi) is 4.20. The van der Waals surface area contributed by atoms with Gasteiger partial charge in [-0.1, -0.05) is 29.3 Å². The van der Waals surface area contributed by atoms with E-state index in [0.29, 0.717) is 15.6 Å². The van der Waals surface area contributed by atoms with Crippen molar-refractivity contribution in [2.24, 2.45) is 0 Å². The molecule has 0 spiro atoms. The summed E-state index contributed by atoms with van der Waals surface area (Å²) >= 11 is 11.8. The van der Waals surface area contributed by atoms with Gasteiger partial charge in [-0.15, -0.1) is 0 Å². The molecule has 8 heteroatoms. The van der Waals surface area contributed by atoms with Crippen molar-refractivity contribution in [3.8, 4) is 0 Å². The Morgan fingerprint density at radius 1 is 1.19 bits per heavy atom. The smallest absolute Gasteiger partial charge is 0.357 e. The molecule has 0 bridgehead atoms. The fraction of sp³-hybridized carbons (Fsp3) is 0.154. The van der Waals surface area contributed by atoms with Crippen molar-refractivity contribution in [3.05, 3.63) is 51.5 Å². The van der Waals surface area contributed by atoms with E-state index in [-0.39, 0.29) is 5.69 Å². The molecule has 1 unspecified atom stereocenters. The van der Waals surface area contributed by atoms with Crippen LogP contribution in [0.25, 0.3) is 0 Å². The second kappa shape index (κ2) is 5.75. The van der Waals surface area contributed by atoms with Crippen LogP contribution in [0.3, 0.4) is 0 Å². The SMILES string of the molecule is CC(c1ccc(Cl)c(Cl)c1)n1cnc(C(=O)O)c1C(=O)O. The monoisotopic (exact) mass is 328 g/mol. The molecule has 0 saturated heterocycles. The Morgan fingerprint density at radius 2 is 1.86 bits per heavy atom. The molecule has 1 atom stereocenters. The van der Waals surface area contributed by atoms with E-state index in [9.17, 15) is 14.7 Å². The van der Waals surface area contributed by atoms with Crippen molar-refractivity contribution >= 4 is 35.1 Å². The molecule has 2 aromatic rings. The van der Waals surface area contributed by atoms with Gasteiger partial charge in [0, 0.05) is 0 Å². The first-order valence-corrected chi connectivity index (χ1v) is 6.57. The Hall–Kier alpha value is -2.05. The van der Waals surface area contributed by atoms with E-state index >= 15 is 0 Å². The Labute approximate surface area is 129 Å². The maximum atomic E-state index is 11.3. The molecule has 2 rings (SSSR count). The fourth-order valence-electron chi connectivity index (χ4n) is 1.96. The molecule has 0 amide bonds. The number of aromatic carboxylic acids is 2. The number of rotatable bonds is 4. The van der Waals surface area contributed by atoms with Gasteiger partial charge in [-0.05, 0) is 24.6 Å². The zero-order valence-electron chi connectivity index (χ0n) is 10.7. The summed E-state index contributed by atoms with van der Waals surface area (Å²) in [7, 11) is 0. The standard InChI is InChI=1S/C13H10Cl2N2O4/c1-6(7-2-3-8(14)9(15)4-7)17-5-16-10(12(18)19)11(17)13(20)21/h2-6H,1H3,(H,18,19)(H,20,21). The Morgan fingerprint density at radius 3 is 2.38 bits per heavy atom. The van der Waals surface area contributed by atoms with Crippen LogP contribution in [0, 0.1) is 0 Å².